The Bertz CT molecular complexity index is 934. The first-order chi connectivity index (χ1) is 12.2. The summed E-state index contributed by atoms with van der Waals surface area (Å²) in [7, 11) is 0.653. The quantitative estimate of drug-likeness (QED) is 0.789. The minimum absolute atomic E-state index is 0.0474. The van der Waals surface area contributed by atoms with Crippen LogP contribution in [0.3, 0.4) is 0 Å². The molecule has 0 aliphatic heterocycles. The average Bonchev–Trinajstić information content (AvgIpc) is 2.59. The zero-order chi connectivity index (χ0) is 19.3. The molecule has 0 spiro atoms. The maximum Gasteiger partial charge on any atom is 0.248 e. The van der Waals surface area contributed by atoms with Crippen LogP contribution in [0, 0.1) is 6.92 Å². The molecule has 0 aliphatic rings. The van der Waals surface area contributed by atoms with Gasteiger partial charge in [0.1, 0.15) is 10.6 Å². The summed E-state index contributed by atoms with van der Waals surface area (Å²) in [6.45, 7) is 1.94. The van der Waals surface area contributed by atoms with Crippen LogP contribution in [0.5, 0.6) is 5.75 Å². The predicted octanol–water partition coefficient (Wildman–Crippen LogP) is 2.91. The highest BCUT2D eigenvalue weighted by molar-refractivity contribution is 7.89. The van der Waals surface area contributed by atoms with Crippen LogP contribution in [-0.4, -0.2) is 39.8 Å². The molecule has 0 unspecified atom stereocenters. The molecule has 1 N–H and O–H groups in total. The molecule has 0 bridgehead atoms. The molecule has 2 aromatic rings. The first-order valence-corrected chi connectivity index (χ1v) is 9.34. The summed E-state index contributed by atoms with van der Waals surface area (Å²) in [5.41, 5.74) is 2.32. The number of carbonyl (C=O) groups is 1. The summed E-state index contributed by atoms with van der Waals surface area (Å²) in [6.07, 6.45) is 2.91. The first-order valence-electron chi connectivity index (χ1n) is 7.90. The van der Waals surface area contributed by atoms with Gasteiger partial charge in [-0.25, -0.2) is 12.7 Å². The minimum Gasteiger partial charge on any atom is -0.495 e. The summed E-state index contributed by atoms with van der Waals surface area (Å²) in [4.78, 5) is 12.1. The van der Waals surface area contributed by atoms with Crippen LogP contribution < -0.4 is 10.1 Å². The Kier molecular flexibility index (Phi) is 6.18. The third kappa shape index (κ3) is 4.71. The molecule has 26 heavy (non-hydrogen) atoms. The zero-order valence-electron chi connectivity index (χ0n) is 15.2. The Morgan fingerprint density at radius 3 is 2.50 bits per heavy atom. The highest BCUT2D eigenvalue weighted by Crippen LogP contribution is 2.27. The number of benzene rings is 2. The van der Waals surface area contributed by atoms with Crippen LogP contribution in [0.1, 0.15) is 11.1 Å². The second-order valence-electron chi connectivity index (χ2n) is 5.89. The van der Waals surface area contributed by atoms with E-state index >= 15 is 0 Å². The monoisotopic (exact) mass is 374 g/mol. The largest absolute Gasteiger partial charge is 0.495 e. The van der Waals surface area contributed by atoms with Gasteiger partial charge in [-0.05, 0) is 48.4 Å². The van der Waals surface area contributed by atoms with Crippen molar-refractivity contribution in [1.29, 1.82) is 0 Å². The number of ether oxygens (including phenoxy) is 1. The lowest BCUT2D eigenvalue weighted by molar-refractivity contribution is -0.111. The lowest BCUT2D eigenvalue weighted by atomic mass is 10.2. The van der Waals surface area contributed by atoms with Gasteiger partial charge >= 0.3 is 0 Å². The number of sulfonamides is 1. The van der Waals surface area contributed by atoms with E-state index in [0.717, 1.165) is 9.87 Å². The first kappa shape index (κ1) is 19.7. The van der Waals surface area contributed by atoms with Crippen LogP contribution in [0.15, 0.2) is 53.4 Å². The molecule has 138 valence electrons. The van der Waals surface area contributed by atoms with Crippen molar-refractivity contribution in [3.8, 4) is 5.75 Å². The van der Waals surface area contributed by atoms with Gasteiger partial charge in [0, 0.05) is 25.9 Å². The predicted molar refractivity (Wildman–Crippen MR) is 103 cm³/mol. The molecule has 0 aromatic heterocycles. The lowest BCUT2D eigenvalue weighted by Crippen LogP contribution is -2.22. The van der Waals surface area contributed by atoms with E-state index in [2.05, 4.69) is 5.32 Å². The standard InChI is InChI=1S/C19H22N2O4S/c1-14-6-5-7-16(12-14)20-19(22)11-9-15-8-10-17(25-4)18(13-15)26(23,24)21(2)3/h5-13H,1-4H3,(H,20,22)/b11-9+. The zero-order valence-corrected chi connectivity index (χ0v) is 16.0. The number of methoxy groups -OCH3 is 1. The van der Waals surface area contributed by atoms with Gasteiger partial charge < -0.3 is 10.1 Å². The van der Waals surface area contributed by atoms with E-state index in [1.807, 2.05) is 25.1 Å². The molecule has 2 aromatic carbocycles. The smallest absolute Gasteiger partial charge is 0.248 e. The Hall–Kier alpha value is -2.64. The number of hydrogen-bond acceptors (Lipinski definition) is 4. The normalized spacial score (nSPS) is 11.7. The van der Waals surface area contributed by atoms with Crippen LogP contribution in [-0.2, 0) is 14.8 Å². The van der Waals surface area contributed by atoms with Crippen molar-refractivity contribution >= 4 is 27.7 Å². The van der Waals surface area contributed by atoms with Gasteiger partial charge in [0.25, 0.3) is 0 Å². The van der Waals surface area contributed by atoms with Gasteiger partial charge in [-0.1, -0.05) is 18.2 Å². The summed E-state index contributed by atoms with van der Waals surface area (Å²) in [5, 5.41) is 2.76. The molecular formula is C19H22N2O4S. The van der Waals surface area contributed by atoms with Crippen molar-refractivity contribution in [1.82, 2.24) is 4.31 Å². The van der Waals surface area contributed by atoms with E-state index in [4.69, 9.17) is 4.74 Å². The number of nitrogens with one attached hydrogen (secondary N) is 1. The highest BCUT2D eigenvalue weighted by Gasteiger charge is 2.22. The molecule has 7 heteroatoms. The Labute approximate surface area is 154 Å². The molecule has 0 aliphatic carbocycles. The second-order valence-corrected chi connectivity index (χ2v) is 8.01. The number of anilines is 1. The molecule has 1 amide bonds. The average molecular weight is 374 g/mol. The van der Waals surface area contributed by atoms with Gasteiger partial charge in [-0.15, -0.1) is 0 Å². The number of amides is 1. The number of rotatable bonds is 6. The maximum absolute atomic E-state index is 12.4. The van der Waals surface area contributed by atoms with Gasteiger partial charge in [0.05, 0.1) is 7.11 Å². The molecule has 0 saturated carbocycles. The second kappa shape index (κ2) is 8.16. The highest BCUT2D eigenvalue weighted by atomic mass is 32.2. The van der Waals surface area contributed by atoms with Crippen LogP contribution in [0.25, 0.3) is 6.08 Å². The van der Waals surface area contributed by atoms with E-state index in [0.29, 0.717) is 11.3 Å². The molecule has 0 saturated heterocycles. The number of aryl methyl sites for hydroxylation is 1. The fraction of sp³-hybridized carbons (Fsp3) is 0.211. The van der Waals surface area contributed by atoms with Crippen LogP contribution in [0.2, 0.25) is 0 Å². The van der Waals surface area contributed by atoms with Crippen LogP contribution >= 0.6 is 0 Å². The van der Waals surface area contributed by atoms with E-state index in [1.165, 1.54) is 33.3 Å². The van der Waals surface area contributed by atoms with Crippen molar-refractivity contribution in [2.24, 2.45) is 0 Å². The number of carbonyl (C=O) groups excluding carboxylic acids is 1. The summed E-state index contributed by atoms with van der Waals surface area (Å²) < 4.78 is 31.1. The number of hydrogen-bond donors (Lipinski definition) is 1. The van der Waals surface area contributed by atoms with E-state index in [1.54, 1.807) is 24.3 Å². The van der Waals surface area contributed by atoms with Gasteiger partial charge in [-0.2, -0.15) is 0 Å². The maximum atomic E-state index is 12.4. The third-order valence-corrected chi connectivity index (χ3v) is 5.50. The Morgan fingerprint density at radius 1 is 1.15 bits per heavy atom. The molecule has 0 radical (unpaired) electrons. The molecule has 0 atom stereocenters. The molecular weight excluding hydrogens is 352 g/mol. The molecule has 0 heterocycles. The number of nitrogens with zero attached hydrogens (tertiary/aromatic N) is 1. The fourth-order valence-electron chi connectivity index (χ4n) is 2.27. The van der Waals surface area contributed by atoms with E-state index < -0.39 is 10.0 Å². The third-order valence-electron chi connectivity index (χ3n) is 3.66. The minimum atomic E-state index is -3.66. The Balaban J connectivity index is 2.24. The van der Waals surface area contributed by atoms with Crippen molar-refractivity contribution in [3.05, 3.63) is 59.7 Å². The van der Waals surface area contributed by atoms with Crippen molar-refractivity contribution in [2.45, 2.75) is 11.8 Å². The van der Waals surface area contributed by atoms with Crippen molar-refractivity contribution < 1.29 is 17.9 Å². The fourth-order valence-corrected chi connectivity index (χ4v) is 3.36. The summed E-state index contributed by atoms with van der Waals surface area (Å²) in [6, 6.07) is 12.2. The summed E-state index contributed by atoms with van der Waals surface area (Å²) >= 11 is 0. The summed E-state index contributed by atoms with van der Waals surface area (Å²) in [5.74, 6) is -0.0523. The van der Waals surface area contributed by atoms with Gasteiger partial charge in [0.2, 0.25) is 15.9 Å². The van der Waals surface area contributed by atoms with Crippen LogP contribution in [0.4, 0.5) is 5.69 Å². The van der Waals surface area contributed by atoms with E-state index in [9.17, 15) is 13.2 Å². The SMILES string of the molecule is COc1ccc(/C=C/C(=O)Nc2cccc(C)c2)cc1S(=O)(=O)N(C)C. The van der Waals surface area contributed by atoms with Crippen molar-refractivity contribution in [2.75, 3.05) is 26.5 Å². The molecule has 2 rings (SSSR count). The van der Waals surface area contributed by atoms with E-state index in [-0.39, 0.29) is 16.6 Å². The van der Waals surface area contributed by atoms with Crippen molar-refractivity contribution in [3.63, 3.8) is 0 Å². The van der Waals surface area contributed by atoms with Gasteiger partial charge in [0.15, 0.2) is 0 Å². The molecule has 6 nitrogen and oxygen atoms in total. The lowest BCUT2D eigenvalue weighted by Gasteiger charge is -2.15. The molecule has 0 fully saturated rings. The van der Waals surface area contributed by atoms with Gasteiger partial charge in [-0.3, -0.25) is 4.79 Å². The Morgan fingerprint density at radius 2 is 1.88 bits per heavy atom. The topological polar surface area (TPSA) is 75.7 Å².